The van der Waals surface area contributed by atoms with Crippen LogP contribution in [-0.2, 0) is 22.3 Å². The summed E-state index contributed by atoms with van der Waals surface area (Å²) in [4.78, 5) is 15.3. The number of methoxy groups -OCH3 is 1. The van der Waals surface area contributed by atoms with Gasteiger partial charge >= 0.3 is 12.1 Å². The van der Waals surface area contributed by atoms with Crippen molar-refractivity contribution in [3.05, 3.63) is 35.4 Å². The molecule has 0 atom stereocenters. The smallest absolute Gasteiger partial charge is 0.416 e. The fourth-order valence-electron chi connectivity index (χ4n) is 2.24. The van der Waals surface area contributed by atoms with E-state index < -0.39 is 11.7 Å². The van der Waals surface area contributed by atoms with Crippen molar-refractivity contribution in [3.8, 4) is 0 Å². The van der Waals surface area contributed by atoms with Crippen molar-refractivity contribution in [1.82, 2.24) is 10.6 Å². The van der Waals surface area contributed by atoms with E-state index in [4.69, 9.17) is 0 Å². The average Bonchev–Trinajstić information content (AvgIpc) is 2.61. The Morgan fingerprint density at radius 2 is 1.93 bits per heavy atom. The fraction of sp³-hybridized carbons (Fsp3) is 0.556. The molecule has 0 radical (unpaired) electrons. The number of benzene rings is 1. The molecule has 0 aromatic heterocycles. The molecular formula is C18H27F3IN3O2. The second-order valence-corrected chi connectivity index (χ2v) is 5.71. The summed E-state index contributed by atoms with van der Waals surface area (Å²) < 4.78 is 42.8. The molecule has 1 aromatic rings. The van der Waals surface area contributed by atoms with E-state index in [-0.39, 0.29) is 36.5 Å². The monoisotopic (exact) mass is 501 g/mol. The molecule has 2 N–H and O–H groups in total. The highest BCUT2D eigenvalue weighted by molar-refractivity contribution is 14.0. The van der Waals surface area contributed by atoms with Gasteiger partial charge < -0.3 is 15.4 Å². The lowest BCUT2D eigenvalue weighted by Gasteiger charge is -2.12. The van der Waals surface area contributed by atoms with Crippen LogP contribution in [0, 0.1) is 0 Å². The number of carbonyl (C=O) groups is 1. The van der Waals surface area contributed by atoms with Crippen LogP contribution in [0.2, 0.25) is 0 Å². The maximum Gasteiger partial charge on any atom is 0.416 e. The number of aliphatic imine (C=N–C) groups is 1. The topological polar surface area (TPSA) is 62.7 Å². The summed E-state index contributed by atoms with van der Waals surface area (Å²) in [6.45, 7) is 3.38. The third kappa shape index (κ3) is 11.0. The number of halogens is 4. The summed E-state index contributed by atoms with van der Waals surface area (Å²) in [7, 11) is 1.37. The lowest BCUT2D eigenvalue weighted by Crippen LogP contribution is -2.37. The molecule has 1 aromatic carbocycles. The molecule has 0 aliphatic rings. The number of alkyl halides is 3. The van der Waals surface area contributed by atoms with Crippen LogP contribution in [0.15, 0.2) is 29.3 Å². The van der Waals surface area contributed by atoms with Gasteiger partial charge in [0.2, 0.25) is 0 Å². The quantitative estimate of drug-likeness (QED) is 0.176. The zero-order valence-corrected chi connectivity index (χ0v) is 17.9. The zero-order valence-electron chi connectivity index (χ0n) is 15.6. The number of esters is 1. The molecule has 0 unspecified atom stereocenters. The Morgan fingerprint density at radius 1 is 1.19 bits per heavy atom. The van der Waals surface area contributed by atoms with Crippen molar-refractivity contribution in [1.29, 1.82) is 0 Å². The van der Waals surface area contributed by atoms with Crippen LogP contribution in [0.3, 0.4) is 0 Å². The van der Waals surface area contributed by atoms with Crippen LogP contribution >= 0.6 is 24.0 Å². The van der Waals surface area contributed by atoms with E-state index in [1.165, 1.54) is 13.2 Å². The summed E-state index contributed by atoms with van der Waals surface area (Å²) in [5, 5.41) is 6.20. The van der Waals surface area contributed by atoms with Gasteiger partial charge in [0, 0.05) is 19.5 Å². The molecular weight excluding hydrogens is 474 g/mol. The number of rotatable bonds is 9. The standard InChI is InChI=1S/C18H26F3N3O2.HI/c1-3-22-17(23-11-6-4-5-10-16(25)26-2)24-13-14-8-7-9-15(12-14)18(19,20)21;/h7-9,12H,3-6,10-11,13H2,1-2H3,(H2,22,23,24);1H. The highest BCUT2D eigenvalue weighted by atomic mass is 127. The minimum absolute atomic E-state index is 0. The zero-order chi connectivity index (χ0) is 19.4. The Kier molecular flexibility index (Phi) is 12.9. The van der Waals surface area contributed by atoms with Crippen LogP contribution in [-0.4, -0.2) is 32.1 Å². The lowest BCUT2D eigenvalue weighted by atomic mass is 10.1. The number of unbranched alkanes of at least 4 members (excludes halogenated alkanes) is 2. The highest BCUT2D eigenvalue weighted by Crippen LogP contribution is 2.29. The molecule has 0 heterocycles. The third-order valence-electron chi connectivity index (χ3n) is 3.60. The fourth-order valence-corrected chi connectivity index (χ4v) is 2.24. The van der Waals surface area contributed by atoms with Gasteiger partial charge in [-0.1, -0.05) is 18.6 Å². The second kappa shape index (κ2) is 13.6. The molecule has 0 saturated carbocycles. The van der Waals surface area contributed by atoms with Gasteiger partial charge in [-0.2, -0.15) is 13.2 Å². The van der Waals surface area contributed by atoms with Crippen LogP contribution in [0.25, 0.3) is 0 Å². The first-order valence-electron chi connectivity index (χ1n) is 8.62. The summed E-state index contributed by atoms with van der Waals surface area (Å²) in [6.07, 6.45) is -1.47. The van der Waals surface area contributed by atoms with Gasteiger partial charge in [-0.25, -0.2) is 4.99 Å². The van der Waals surface area contributed by atoms with Crippen molar-refractivity contribution in [2.75, 3.05) is 20.2 Å². The predicted octanol–water partition coefficient (Wildman–Crippen LogP) is 4.11. The van der Waals surface area contributed by atoms with Gasteiger partial charge in [0.15, 0.2) is 5.96 Å². The predicted molar refractivity (Wildman–Crippen MR) is 110 cm³/mol. The minimum Gasteiger partial charge on any atom is -0.469 e. The van der Waals surface area contributed by atoms with E-state index in [0.29, 0.717) is 31.0 Å². The molecule has 0 bridgehead atoms. The number of nitrogens with zero attached hydrogens (tertiary/aromatic N) is 1. The Balaban J connectivity index is 0.00000676. The summed E-state index contributed by atoms with van der Waals surface area (Å²) >= 11 is 0. The number of hydrogen-bond donors (Lipinski definition) is 2. The first-order chi connectivity index (χ1) is 12.4. The van der Waals surface area contributed by atoms with Gasteiger partial charge in [0.1, 0.15) is 0 Å². The average molecular weight is 501 g/mol. The molecule has 9 heteroatoms. The molecule has 0 saturated heterocycles. The first-order valence-corrected chi connectivity index (χ1v) is 8.62. The van der Waals surface area contributed by atoms with Crippen molar-refractivity contribution in [2.24, 2.45) is 4.99 Å². The maximum atomic E-state index is 12.7. The second-order valence-electron chi connectivity index (χ2n) is 5.71. The molecule has 0 aliphatic heterocycles. The van der Waals surface area contributed by atoms with Crippen LogP contribution < -0.4 is 10.6 Å². The number of ether oxygens (including phenoxy) is 1. The van der Waals surface area contributed by atoms with E-state index in [1.54, 1.807) is 6.07 Å². The van der Waals surface area contributed by atoms with Gasteiger partial charge in [0.05, 0.1) is 19.2 Å². The Hall–Kier alpha value is -1.52. The summed E-state index contributed by atoms with van der Waals surface area (Å²) in [5.74, 6) is 0.340. The third-order valence-corrected chi connectivity index (χ3v) is 3.60. The maximum absolute atomic E-state index is 12.7. The summed E-state index contributed by atoms with van der Waals surface area (Å²) in [5.41, 5.74) is -0.177. The molecule has 27 heavy (non-hydrogen) atoms. The van der Waals surface area contributed by atoms with Crippen molar-refractivity contribution < 1.29 is 22.7 Å². The first kappa shape index (κ1) is 25.5. The summed E-state index contributed by atoms with van der Waals surface area (Å²) in [6, 6.07) is 5.16. The van der Waals surface area contributed by atoms with Crippen molar-refractivity contribution in [2.45, 2.75) is 45.3 Å². The van der Waals surface area contributed by atoms with E-state index in [2.05, 4.69) is 20.4 Å². The molecule has 1 rings (SSSR count). The number of nitrogens with one attached hydrogen (secondary N) is 2. The normalized spacial score (nSPS) is 11.5. The van der Waals surface area contributed by atoms with Crippen molar-refractivity contribution in [3.63, 3.8) is 0 Å². The Labute approximate surface area is 175 Å². The molecule has 0 aliphatic carbocycles. The highest BCUT2D eigenvalue weighted by Gasteiger charge is 2.30. The van der Waals surface area contributed by atoms with Gasteiger partial charge in [-0.3, -0.25) is 4.79 Å². The Bertz CT molecular complexity index is 595. The number of guanidine groups is 1. The van der Waals surface area contributed by atoms with Crippen LogP contribution in [0.1, 0.15) is 43.7 Å². The number of carbonyl (C=O) groups excluding carboxylic acids is 1. The van der Waals surface area contributed by atoms with E-state index in [0.717, 1.165) is 31.4 Å². The molecule has 0 amide bonds. The Morgan fingerprint density at radius 3 is 2.56 bits per heavy atom. The SMILES string of the molecule is CCNC(=NCc1cccc(C(F)(F)F)c1)NCCCCCC(=O)OC.I. The van der Waals surface area contributed by atoms with E-state index >= 15 is 0 Å². The van der Waals surface area contributed by atoms with E-state index in [1.807, 2.05) is 6.92 Å². The van der Waals surface area contributed by atoms with Gasteiger partial charge in [0.25, 0.3) is 0 Å². The van der Waals surface area contributed by atoms with Gasteiger partial charge in [-0.15, -0.1) is 24.0 Å². The lowest BCUT2D eigenvalue weighted by molar-refractivity contribution is -0.140. The van der Waals surface area contributed by atoms with Crippen LogP contribution in [0.5, 0.6) is 0 Å². The minimum atomic E-state index is -4.35. The molecule has 5 nitrogen and oxygen atoms in total. The largest absolute Gasteiger partial charge is 0.469 e. The van der Waals surface area contributed by atoms with Crippen molar-refractivity contribution >= 4 is 35.9 Å². The van der Waals surface area contributed by atoms with E-state index in [9.17, 15) is 18.0 Å². The molecule has 0 spiro atoms. The molecule has 0 fully saturated rings. The van der Waals surface area contributed by atoms with Crippen LogP contribution in [0.4, 0.5) is 13.2 Å². The molecule has 154 valence electrons. The number of hydrogen-bond acceptors (Lipinski definition) is 3. The van der Waals surface area contributed by atoms with Gasteiger partial charge in [-0.05, 0) is 37.5 Å².